The molecular weight excluding hydrogens is 400 g/mol. The number of benzene rings is 1. The largest absolute Gasteiger partial charge is 0.387 e. The van der Waals surface area contributed by atoms with Crippen molar-refractivity contribution >= 4 is 23.2 Å². The summed E-state index contributed by atoms with van der Waals surface area (Å²) in [5.74, 6) is -0.00878. The van der Waals surface area contributed by atoms with Gasteiger partial charge in [0, 0.05) is 13.1 Å². The predicted octanol–water partition coefficient (Wildman–Crippen LogP) is 1.89. The minimum Gasteiger partial charge on any atom is -0.387 e. The fourth-order valence-electron chi connectivity index (χ4n) is 3.76. The van der Waals surface area contributed by atoms with Gasteiger partial charge in [-0.1, -0.05) is 36.4 Å². The molecule has 1 aromatic carbocycles. The van der Waals surface area contributed by atoms with Crippen molar-refractivity contribution in [1.29, 1.82) is 0 Å². The van der Waals surface area contributed by atoms with Crippen molar-refractivity contribution in [2.75, 3.05) is 39.8 Å². The first-order chi connectivity index (χ1) is 14.5. The van der Waals surface area contributed by atoms with Crippen molar-refractivity contribution in [3.8, 4) is 0 Å². The minimum atomic E-state index is -0.460. The summed E-state index contributed by atoms with van der Waals surface area (Å²) in [5.41, 5.74) is 5.87. The third-order valence-electron chi connectivity index (χ3n) is 5.37. The van der Waals surface area contributed by atoms with Gasteiger partial charge in [0.2, 0.25) is 0 Å². The van der Waals surface area contributed by atoms with Gasteiger partial charge in [0.1, 0.15) is 0 Å². The molecule has 1 aliphatic rings. The molecule has 3 N–H and O–H groups in total. The molecule has 0 saturated carbocycles. The van der Waals surface area contributed by atoms with Gasteiger partial charge in [0.05, 0.1) is 17.5 Å². The standard InChI is InChI=1S/C22H30N4O3S/c1-25(16-21(28)23-24-22(29)20-8-5-13-30-20)14-17-9-11-26(12-10-17)15-19(27)18-6-3-2-4-7-18/h2-8,13,17,19,27H,9-12,14-16H2,1H3,(H,23,28)(H,24,29). The molecule has 0 bridgehead atoms. The number of likely N-dealkylation sites (tertiary alicyclic amines) is 1. The van der Waals surface area contributed by atoms with Crippen molar-refractivity contribution in [2.45, 2.75) is 18.9 Å². The van der Waals surface area contributed by atoms with Crippen LogP contribution in [0.4, 0.5) is 0 Å². The van der Waals surface area contributed by atoms with Gasteiger partial charge in [-0.15, -0.1) is 11.3 Å². The van der Waals surface area contributed by atoms with Crippen molar-refractivity contribution in [2.24, 2.45) is 5.92 Å². The van der Waals surface area contributed by atoms with Gasteiger partial charge in [-0.2, -0.15) is 0 Å². The summed E-state index contributed by atoms with van der Waals surface area (Å²) in [6.07, 6.45) is 1.63. The van der Waals surface area contributed by atoms with E-state index in [1.54, 1.807) is 12.1 Å². The van der Waals surface area contributed by atoms with Crippen molar-refractivity contribution in [3.05, 3.63) is 58.3 Å². The highest BCUT2D eigenvalue weighted by Crippen LogP contribution is 2.21. The summed E-state index contributed by atoms with van der Waals surface area (Å²) >= 11 is 1.33. The monoisotopic (exact) mass is 430 g/mol. The Morgan fingerprint density at radius 2 is 1.90 bits per heavy atom. The van der Waals surface area contributed by atoms with Gasteiger partial charge in [0.15, 0.2) is 0 Å². The summed E-state index contributed by atoms with van der Waals surface area (Å²) in [6.45, 7) is 3.62. The van der Waals surface area contributed by atoms with E-state index < -0.39 is 6.10 Å². The molecule has 0 spiro atoms. The van der Waals surface area contributed by atoms with E-state index in [1.165, 1.54) is 11.3 Å². The number of hydrogen-bond donors (Lipinski definition) is 3. The number of hydrogen-bond acceptors (Lipinski definition) is 6. The Bertz CT molecular complexity index is 792. The fraction of sp³-hybridized carbons (Fsp3) is 0.455. The van der Waals surface area contributed by atoms with E-state index in [-0.39, 0.29) is 18.4 Å². The Morgan fingerprint density at radius 3 is 2.57 bits per heavy atom. The Morgan fingerprint density at radius 1 is 1.17 bits per heavy atom. The highest BCUT2D eigenvalue weighted by molar-refractivity contribution is 7.12. The number of hydrazine groups is 1. The van der Waals surface area contributed by atoms with Crippen LogP contribution in [0.2, 0.25) is 0 Å². The molecule has 1 unspecified atom stereocenters. The number of aliphatic hydroxyl groups excluding tert-OH is 1. The summed E-state index contributed by atoms with van der Waals surface area (Å²) in [5, 5.41) is 12.2. The van der Waals surface area contributed by atoms with Crippen LogP contribution < -0.4 is 10.9 Å². The summed E-state index contributed by atoms with van der Waals surface area (Å²) in [7, 11) is 1.92. The number of nitrogens with one attached hydrogen (secondary N) is 2. The molecule has 0 aliphatic carbocycles. The zero-order chi connectivity index (χ0) is 21.3. The Hall–Kier alpha value is -2.26. The van der Waals surface area contributed by atoms with Crippen LogP contribution >= 0.6 is 11.3 Å². The van der Waals surface area contributed by atoms with Gasteiger partial charge >= 0.3 is 0 Å². The third-order valence-corrected chi connectivity index (χ3v) is 6.24. The van der Waals surface area contributed by atoms with E-state index in [0.717, 1.165) is 38.0 Å². The first kappa shape index (κ1) is 22.4. The number of β-amino-alcohol motifs (C(OH)–C–C–N with tert-alkyl or cyclic N) is 1. The van der Waals surface area contributed by atoms with Crippen LogP contribution in [0.25, 0.3) is 0 Å². The molecule has 1 aliphatic heterocycles. The van der Waals surface area contributed by atoms with Gasteiger partial charge in [-0.25, -0.2) is 0 Å². The van der Waals surface area contributed by atoms with Gasteiger partial charge < -0.3 is 10.0 Å². The Kier molecular flexibility index (Phi) is 8.39. The van der Waals surface area contributed by atoms with Gasteiger partial charge in [-0.3, -0.25) is 25.3 Å². The van der Waals surface area contributed by atoms with E-state index in [0.29, 0.717) is 17.3 Å². The first-order valence-corrected chi connectivity index (χ1v) is 11.2. The highest BCUT2D eigenvalue weighted by atomic mass is 32.1. The number of carbonyl (C=O) groups excluding carboxylic acids is 2. The van der Waals surface area contributed by atoms with Gasteiger partial charge in [0.25, 0.3) is 11.8 Å². The molecule has 1 aromatic heterocycles. The molecule has 1 atom stereocenters. The molecule has 2 amide bonds. The van der Waals surface area contributed by atoms with E-state index in [9.17, 15) is 14.7 Å². The van der Waals surface area contributed by atoms with Gasteiger partial charge in [-0.05, 0) is 55.9 Å². The highest BCUT2D eigenvalue weighted by Gasteiger charge is 2.23. The molecule has 2 aromatic rings. The average molecular weight is 431 g/mol. The molecule has 8 heteroatoms. The normalized spacial score (nSPS) is 16.4. The molecular formula is C22H30N4O3S. The summed E-state index contributed by atoms with van der Waals surface area (Å²) in [4.78, 5) is 28.8. The number of aliphatic hydroxyl groups is 1. The van der Waals surface area contributed by atoms with Crippen LogP contribution in [-0.2, 0) is 4.79 Å². The molecule has 3 rings (SSSR count). The lowest BCUT2D eigenvalue weighted by atomic mass is 9.95. The fourth-order valence-corrected chi connectivity index (χ4v) is 4.38. The van der Waals surface area contributed by atoms with E-state index in [2.05, 4.69) is 15.8 Å². The number of piperidine rings is 1. The smallest absolute Gasteiger partial charge is 0.279 e. The van der Waals surface area contributed by atoms with E-state index >= 15 is 0 Å². The zero-order valence-corrected chi connectivity index (χ0v) is 18.1. The second-order valence-electron chi connectivity index (χ2n) is 7.85. The average Bonchev–Trinajstić information content (AvgIpc) is 3.29. The zero-order valence-electron chi connectivity index (χ0n) is 17.3. The maximum Gasteiger partial charge on any atom is 0.279 e. The Labute approximate surface area is 181 Å². The number of nitrogens with zero attached hydrogens (tertiary/aromatic N) is 2. The number of thiophene rings is 1. The maximum atomic E-state index is 12.1. The van der Waals surface area contributed by atoms with Crippen LogP contribution in [-0.4, -0.2) is 66.5 Å². The lowest BCUT2D eigenvalue weighted by molar-refractivity contribution is -0.122. The molecule has 7 nitrogen and oxygen atoms in total. The van der Waals surface area contributed by atoms with E-state index in [4.69, 9.17) is 0 Å². The minimum absolute atomic E-state index is 0.231. The second-order valence-corrected chi connectivity index (χ2v) is 8.79. The summed E-state index contributed by atoms with van der Waals surface area (Å²) < 4.78 is 0. The number of carbonyl (C=O) groups is 2. The van der Waals surface area contributed by atoms with Crippen LogP contribution in [0.1, 0.15) is 34.2 Å². The number of likely N-dealkylation sites (N-methyl/N-ethyl adjacent to an activating group) is 1. The molecule has 1 fully saturated rings. The molecule has 1 saturated heterocycles. The van der Waals surface area contributed by atoms with Crippen molar-refractivity contribution in [1.82, 2.24) is 20.7 Å². The number of rotatable bonds is 8. The maximum absolute atomic E-state index is 12.1. The Balaban J connectivity index is 1.32. The third kappa shape index (κ3) is 6.91. The molecule has 30 heavy (non-hydrogen) atoms. The van der Waals surface area contributed by atoms with Crippen LogP contribution in [0.5, 0.6) is 0 Å². The topological polar surface area (TPSA) is 84.9 Å². The quantitative estimate of drug-likeness (QED) is 0.557. The van der Waals surface area contributed by atoms with Crippen molar-refractivity contribution < 1.29 is 14.7 Å². The molecule has 0 radical (unpaired) electrons. The number of amides is 2. The SMILES string of the molecule is CN(CC(=O)NNC(=O)c1cccs1)CC1CCN(CC(O)c2ccccc2)CC1. The van der Waals surface area contributed by atoms with Crippen LogP contribution in [0, 0.1) is 5.92 Å². The van der Waals surface area contributed by atoms with Crippen LogP contribution in [0.3, 0.4) is 0 Å². The lowest BCUT2D eigenvalue weighted by Crippen LogP contribution is -2.47. The van der Waals surface area contributed by atoms with E-state index in [1.807, 2.05) is 47.7 Å². The second kappa shape index (κ2) is 11.2. The lowest BCUT2D eigenvalue weighted by Gasteiger charge is -2.34. The molecule has 2 heterocycles. The van der Waals surface area contributed by atoms with Crippen LogP contribution in [0.15, 0.2) is 47.8 Å². The van der Waals surface area contributed by atoms with Crippen molar-refractivity contribution in [3.63, 3.8) is 0 Å². The predicted molar refractivity (Wildman–Crippen MR) is 118 cm³/mol. The molecule has 162 valence electrons. The first-order valence-electron chi connectivity index (χ1n) is 10.3. The summed E-state index contributed by atoms with van der Waals surface area (Å²) in [6, 6.07) is 13.3.